The second kappa shape index (κ2) is 27.3. The van der Waals surface area contributed by atoms with Crippen LogP contribution in [0.2, 0.25) is 0 Å². The third kappa shape index (κ3) is 18.9. The first-order valence-electron chi connectivity index (χ1n) is 17.4. The third-order valence-corrected chi connectivity index (χ3v) is 7.80. The Kier molecular flexibility index (Phi) is 24.6. The molecule has 0 unspecified atom stereocenters. The van der Waals surface area contributed by atoms with Crippen LogP contribution < -0.4 is 0 Å². The van der Waals surface area contributed by atoms with Crippen molar-refractivity contribution in [2.75, 3.05) is 0 Å². The maximum absolute atomic E-state index is 5.16. The van der Waals surface area contributed by atoms with Crippen LogP contribution in [0, 0.1) is 0 Å². The molecule has 0 aromatic heterocycles. The minimum atomic E-state index is 0. The summed E-state index contributed by atoms with van der Waals surface area (Å²) in [5.74, 6) is 0. The summed E-state index contributed by atoms with van der Waals surface area (Å²) in [6.07, 6.45) is 34.7. The van der Waals surface area contributed by atoms with Crippen LogP contribution in [0.15, 0.2) is 82.8 Å². The van der Waals surface area contributed by atoms with Gasteiger partial charge in [0, 0.05) is 22.7 Å². The second-order valence-electron chi connectivity index (χ2n) is 11.6. The number of hydrogen-bond donors (Lipinski definition) is 0. The molecule has 0 saturated carbocycles. The number of unbranched alkanes of at least 4 members (excludes halogenated alkanes) is 11. The summed E-state index contributed by atoms with van der Waals surface area (Å²) in [5.41, 5.74) is 5.94. The predicted octanol–water partition coefficient (Wildman–Crippen LogP) is 13.0. The molecule has 0 fully saturated rings. The van der Waals surface area contributed by atoms with Crippen molar-refractivity contribution in [3.8, 4) is 0 Å². The molecule has 0 atom stereocenters. The number of allylic oxidation sites excluding steroid dienone is 4. The summed E-state index contributed by atoms with van der Waals surface area (Å²) in [4.78, 5) is 10.1. The van der Waals surface area contributed by atoms with Gasteiger partial charge >= 0.3 is 0 Å². The molecule has 2 aromatic rings. The number of nitrogens with zero attached hydrogens (tertiary/aromatic N) is 2. The van der Waals surface area contributed by atoms with Gasteiger partial charge in [-0.25, -0.2) is 0 Å². The van der Waals surface area contributed by atoms with Gasteiger partial charge in [0.25, 0.3) is 0 Å². The molecule has 2 aromatic carbocycles. The molecule has 0 aliphatic carbocycles. The van der Waals surface area contributed by atoms with Gasteiger partial charge in [-0.3, -0.25) is 9.98 Å². The van der Waals surface area contributed by atoms with Gasteiger partial charge < -0.3 is 0 Å². The SMILES string of the molecule is CCCCCC/C=C/CCCc1ccccc1N=CC(CCCC)=Nc1ccccc1CCC/C=C/CCCCCC.[Ni]. The van der Waals surface area contributed by atoms with Crippen molar-refractivity contribution in [2.24, 2.45) is 9.98 Å². The average molecular weight is 628 g/mol. The molecule has 0 saturated heterocycles. The zero-order valence-electron chi connectivity index (χ0n) is 27.7. The standard InChI is InChI=1S/C40H60N2.Ni/c1-4-7-10-12-14-16-18-20-22-28-36-30-24-26-33-39(36)41-35-38(32-9-6-3)42-40-34-27-25-31-37(40)29-23-21-19-17-15-13-11-8-5-2;/h16-19,24-27,30-31,33-35H,4-15,20-23,28-29,32H2,1-3H3;/b18-16+,19-17+,41-35?,42-38?;. The van der Waals surface area contributed by atoms with E-state index in [0.29, 0.717) is 0 Å². The van der Waals surface area contributed by atoms with E-state index in [2.05, 4.69) is 93.6 Å². The topological polar surface area (TPSA) is 24.7 Å². The van der Waals surface area contributed by atoms with E-state index >= 15 is 0 Å². The van der Waals surface area contributed by atoms with Gasteiger partial charge in [0.15, 0.2) is 0 Å². The van der Waals surface area contributed by atoms with Gasteiger partial charge in [-0.15, -0.1) is 0 Å². The molecule has 3 heteroatoms. The monoisotopic (exact) mass is 626 g/mol. The molecule has 2 rings (SSSR count). The number of benzene rings is 2. The molecular weight excluding hydrogens is 567 g/mol. The summed E-state index contributed by atoms with van der Waals surface area (Å²) < 4.78 is 0. The van der Waals surface area contributed by atoms with Crippen LogP contribution >= 0.6 is 0 Å². The molecule has 0 amide bonds. The van der Waals surface area contributed by atoms with E-state index in [4.69, 9.17) is 9.98 Å². The zero-order valence-corrected chi connectivity index (χ0v) is 28.6. The molecule has 0 bridgehead atoms. The molecule has 0 heterocycles. The van der Waals surface area contributed by atoms with E-state index < -0.39 is 0 Å². The van der Waals surface area contributed by atoms with Crippen molar-refractivity contribution in [3.63, 3.8) is 0 Å². The molecular formula is C40H60N2Ni. The smallest absolute Gasteiger partial charge is 0.0665 e. The maximum atomic E-state index is 5.16. The van der Waals surface area contributed by atoms with Gasteiger partial charge in [-0.05, 0) is 100 Å². The summed E-state index contributed by atoms with van der Waals surface area (Å²) in [5, 5.41) is 0. The van der Waals surface area contributed by atoms with Crippen LogP contribution in [0.4, 0.5) is 11.4 Å². The van der Waals surface area contributed by atoms with Gasteiger partial charge in [-0.2, -0.15) is 0 Å². The van der Waals surface area contributed by atoms with Crippen LogP contribution in [-0.4, -0.2) is 11.9 Å². The molecule has 240 valence electrons. The average Bonchev–Trinajstić information content (AvgIpc) is 3.02. The van der Waals surface area contributed by atoms with Crippen molar-refractivity contribution in [3.05, 3.63) is 84.0 Å². The van der Waals surface area contributed by atoms with E-state index in [1.807, 2.05) is 6.21 Å². The van der Waals surface area contributed by atoms with E-state index in [9.17, 15) is 0 Å². The van der Waals surface area contributed by atoms with Crippen molar-refractivity contribution in [1.29, 1.82) is 0 Å². The quantitative estimate of drug-likeness (QED) is 0.0479. The minimum Gasteiger partial charge on any atom is -0.255 e. The Labute approximate surface area is 275 Å². The van der Waals surface area contributed by atoms with Crippen LogP contribution in [-0.2, 0) is 29.3 Å². The molecule has 43 heavy (non-hydrogen) atoms. The van der Waals surface area contributed by atoms with E-state index in [0.717, 1.165) is 74.9 Å². The Hall–Kier alpha value is -2.25. The molecule has 2 nitrogen and oxygen atoms in total. The molecule has 0 N–H and O–H groups in total. The van der Waals surface area contributed by atoms with Crippen LogP contribution in [0.5, 0.6) is 0 Å². The number of aliphatic imine (C=N–C) groups is 2. The number of rotatable bonds is 24. The maximum Gasteiger partial charge on any atom is 0.0665 e. The number of hydrogen-bond acceptors (Lipinski definition) is 2. The van der Waals surface area contributed by atoms with Crippen molar-refractivity contribution >= 4 is 23.3 Å². The summed E-state index contributed by atoms with van der Waals surface area (Å²) in [7, 11) is 0. The first-order chi connectivity index (χ1) is 20.8. The van der Waals surface area contributed by atoms with Crippen LogP contribution in [0.1, 0.15) is 141 Å². The predicted molar refractivity (Wildman–Crippen MR) is 189 cm³/mol. The second-order valence-corrected chi connectivity index (χ2v) is 11.6. The Balaban J connectivity index is 0.00000924. The number of aryl methyl sites for hydroxylation is 2. The first-order valence-corrected chi connectivity index (χ1v) is 17.4. The molecule has 0 spiro atoms. The molecule has 0 aliphatic heterocycles. The molecule has 0 aliphatic rings. The summed E-state index contributed by atoms with van der Waals surface area (Å²) in [6.45, 7) is 6.79. The van der Waals surface area contributed by atoms with Crippen molar-refractivity contribution in [1.82, 2.24) is 0 Å². The summed E-state index contributed by atoms with van der Waals surface area (Å²) >= 11 is 0. The largest absolute Gasteiger partial charge is 0.255 e. The van der Waals surface area contributed by atoms with E-state index in [1.54, 1.807) is 0 Å². The van der Waals surface area contributed by atoms with Crippen LogP contribution in [0.3, 0.4) is 0 Å². The molecule has 0 radical (unpaired) electrons. The van der Waals surface area contributed by atoms with E-state index in [1.165, 1.54) is 75.3 Å². The zero-order chi connectivity index (χ0) is 29.9. The Morgan fingerprint density at radius 3 is 1.53 bits per heavy atom. The van der Waals surface area contributed by atoms with E-state index in [-0.39, 0.29) is 16.5 Å². The fourth-order valence-electron chi connectivity index (χ4n) is 5.16. The fourth-order valence-corrected chi connectivity index (χ4v) is 5.16. The normalized spacial score (nSPS) is 12.1. The Morgan fingerprint density at radius 1 is 0.535 bits per heavy atom. The van der Waals surface area contributed by atoms with Crippen molar-refractivity contribution in [2.45, 2.75) is 143 Å². The Morgan fingerprint density at radius 2 is 1.00 bits per heavy atom. The minimum absolute atomic E-state index is 0. The van der Waals surface area contributed by atoms with Gasteiger partial charge in [0.2, 0.25) is 0 Å². The van der Waals surface area contributed by atoms with Crippen LogP contribution in [0.25, 0.3) is 0 Å². The third-order valence-electron chi connectivity index (χ3n) is 7.80. The summed E-state index contributed by atoms with van der Waals surface area (Å²) in [6, 6.07) is 17.3. The first kappa shape index (κ1) is 38.8. The van der Waals surface area contributed by atoms with Gasteiger partial charge in [0.05, 0.1) is 17.1 Å². The number of para-hydroxylation sites is 2. The fraction of sp³-hybridized carbons (Fsp3) is 0.550. The van der Waals surface area contributed by atoms with Gasteiger partial charge in [-0.1, -0.05) is 126 Å². The Bertz CT molecular complexity index is 1070. The van der Waals surface area contributed by atoms with Gasteiger partial charge in [0.1, 0.15) is 0 Å². The van der Waals surface area contributed by atoms with Crippen molar-refractivity contribution < 1.29 is 16.5 Å².